The van der Waals surface area contributed by atoms with Gasteiger partial charge in [0.25, 0.3) is 5.91 Å². The van der Waals surface area contributed by atoms with Gasteiger partial charge in [0.15, 0.2) is 6.29 Å². The third kappa shape index (κ3) is 2.75. The highest BCUT2D eigenvalue weighted by molar-refractivity contribution is 5.94. The molecule has 0 aromatic heterocycles. The van der Waals surface area contributed by atoms with E-state index in [0.717, 1.165) is 0 Å². The zero-order valence-corrected chi connectivity index (χ0v) is 9.55. The molecule has 1 aliphatic heterocycles. The normalized spacial score (nSPS) is 23.4. The third-order valence-electron chi connectivity index (χ3n) is 2.73. The van der Waals surface area contributed by atoms with Crippen LogP contribution in [0.15, 0.2) is 24.3 Å². The number of amides is 1. The molecule has 2 N–H and O–H groups in total. The average Bonchev–Trinajstić information content (AvgIpc) is 2.75. The van der Waals surface area contributed by atoms with E-state index >= 15 is 0 Å². The number of carbonyl (C=O) groups excluding carboxylic acids is 1. The SMILES string of the molecule is COc1ccc(C(=O)N[C@H]2CCOC2O)cc1. The molecular weight excluding hydrogens is 222 g/mol. The molecule has 5 nitrogen and oxygen atoms in total. The van der Waals surface area contributed by atoms with Crippen LogP contribution < -0.4 is 10.1 Å². The van der Waals surface area contributed by atoms with Gasteiger partial charge in [-0.2, -0.15) is 0 Å². The predicted molar refractivity (Wildman–Crippen MR) is 60.8 cm³/mol. The Morgan fingerprint density at radius 3 is 2.71 bits per heavy atom. The Balaban J connectivity index is 1.99. The van der Waals surface area contributed by atoms with Crippen LogP contribution in [0, 0.1) is 0 Å². The lowest BCUT2D eigenvalue weighted by atomic mass is 10.1. The van der Waals surface area contributed by atoms with E-state index in [9.17, 15) is 9.90 Å². The summed E-state index contributed by atoms with van der Waals surface area (Å²) in [5.74, 6) is 0.480. The van der Waals surface area contributed by atoms with Gasteiger partial charge in [-0.15, -0.1) is 0 Å². The monoisotopic (exact) mass is 237 g/mol. The van der Waals surface area contributed by atoms with E-state index in [0.29, 0.717) is 24.3 Å². The highest BCUT2D eigenvalue weighted by Gasteiger charge is 2.27. The number of methoxy groups -OCH3 is 1. The standard InChI is InChI=1S/C12H15NO4/c1-16-9-4-2-8(3-5-9)11(14)13-10-6-7-17-12(10)15/h2-5,10,12,15H,6-7H2,1H3,(H,13,14)/t10-,12?/m0/s1. The molecule has 0 aliphatic carbocycles. The second-order valence-electron chi connectivity index (χ2n) is 3.86. The van der Waals surface area contributed by atoms with Crippen LogP contribution in [-0.2, 0) is 4.74 Å². The predicted octanol–water partition coefficient (Wildman–Crippen LogP) is 0.532. The Labute approximate surface area is 99.3 Å². The van der Waals surface area contributed by atoms with Gasteiger partial charge in [0, 0.05) is 5.56 Å². The highest BCUT2D eigenvalue weighted by Crippen LogP contribution is 2.14. The molecule has 1 heterocycles. The van der Waals surface area contributed by atoms with Gasteiger partial charge in [-0.05, 0) is 30.7 Å². The van der Waals surface area contributed by atoms with E-state index in [2.05, 4.69) is 5.32 Å². The lowest BCUT2D eigenvalue weighted by Gasteiger charge is -2.15. The summed E-state index contributed by atoms with van der Waals surface area (Å²) in [7, 11) is 1.57. The van der Waals surface area contributed by atoms with Gasteiger partial charge in [0.2, 0.25) is 0 Å². The number of hydrogen-bond donors (Lipinski definition) is 2. The Morgan fingerprint density at radius 2 is 2.18 bits per heavy atom. The molecule has 0 saturated carbocycles. The number of aliphatic hydroxyl groups is 1. The molecule has 17 heavy (non-hydrogen) atoms. The molecule has 1 fully saturated rings. The first-order chi connectivity index (χ1) is 8.20. The molecule has 0 radical (unpaired) electrons. The number of carbonyl (C=O) groups is 1. The first-order valence-electron chi connectivity index (χ1n) is 5.45. The first-order valence-corrected chi connectivity index (χ1v) is 5.45. The van der Waals surface area contributed by atoms with E-state index in [1.54, 1.807) is 31.4 Å². The number of ether oxygens (including phenoxy) is 2. The van der Waals surface area contributed by atoms with Gasteiger partial charge in [0.1, 0.15) is 5.75 Å². The second-order valence-corrected chi connectivity index (χ2v) is 3.86. The van der Waals surface area contributed by atoms with Crippen molar-refractivity contribution in [3.05, 3.63) is 29.8 Å². The van der Waals surface area contributed by atoms with E-state index in [1.165, 1.54) is 0 Å². The van der Waals surface area contributed by atoms with E-state index < -0.39 is 6.29 Å². The number of hydrogen-bond acceptors (Lipinski definition) is 4. The van der Waals surface area contributed by atoms with Crippen LogP contribution >= 0.6 is 0 Å². The number of aliphatic hydroxyl groups excluding tert-OH is 1. The van der Waals surface area contributed by atoms with Crippen LogP contribution in [0.25, 0.3) is 0 Å². The summed E-state index contributed by atoms with van der Waals surface area (Å²) in [5.41, 5.74) is 0.532. The van der Waals surface area contributed by atoms with E-state index in [1.807, 2.05) is 0 Å². The fraction of sp³-hybridized carbons (Fsp3) is 0.417. The summed E-state index contributed by atoms with van der Waals surface area (Å²) in [4.78, 5) is 11.8. The minimum atomic E-state index is -0.905. The molecule has 2 atom stereocenters. The van der Waals surface area contributed by atoms with Crippen molar-refractivity contribution in [3.63, 3.8) is 0 Å². The smallest absolute Gasteiger partial charge is 0.251 e. The number of rotatable bonds is 3. The molecule has 1 aromatic rings. The van der Waals surface area contributed by atoms with Crippen LogP contribution in [0.5, 0.6) is 5.75 Å². The van der Waals surface area contributed by atoms with Crippen molar-refractivity contribution < 1.29 is 19.4 Å². The zero-order valence-electron chi connectivity index (χ0n) is 9.55. The van der Waals surface area contributed by atoms with Crippen molar-refractivity contribution in [1.82, 2.24) is 5.32 Å². The molecule has 1 saturated heterocycles. The molecule has 1 unspecified atom stereocenters. The molecule has 1 aromatic carbocycles. The maximum atomic E-state index is 11.8. The molecular formula is C12H15NO4. The van der Waals surface area contributed by atoms with Crippen LogP contribution in [0.3, 0.4) is 0 Å². The lowest BCUT2D eigenvalue weighted by molar-refractivity contribution is -0.0704. The minimum Gasteiger partial charge on any atom is -0.497 e. The van der Waals surface area contributed by atoms with Crippen molar-refractivity contribution in [3.8, 4) is 5.75 Å². The summed E-state index contributed by atoms with van der Waals surface area (Å²) in [6.07, 6.45) is -0.277. The highest BCUT2D eigenvalue weighted by atomic mass is 16.6. The van der Waals surface area contributed by atoms with Gasteiger partial charge >= 0.3 is 0 Å². The third-order valence-corrected chi connectivity index (χ3v) is 2.73. The topological polar surface area (TPSA) is 67.8 Å². The maximum absolute atomic E-state index is 11.8. The minimum absolute atomic E-state index is 0.220. The zero-order chi connectivity index (χ0) is 12.3. The van der Waals surface area contributed by atoms with Crippen LogP contribution in [-0.4, -0.2) is 37.1 Å². The summed E-state index contributed by atoms with van der Waals surface area (Å²) >= 11 is 0. The number of benzene rings is 1. The molecule has 5 heteroatoms. The first kappa shape index (κ1) is 11.9. The average molecular weight is 237 g/mol. The largest absolute Gasteiger partial charge is 0.497 e. The summed E-state index contributed by atoms with van der Waals surface area (Å²) in [5, 5.41) is 12.1. The van der Waals surface area contributed by atoms with Crippen molar-refractivity contribution in [2.75, 3.05) is 13.7 Å². The van der Waals surface area contributed by atoms with Crippen LogP contribution in [0.1, 0.15) is 16.8 Å². The van der Waals surface area contributed by atoms with Crippen LogP contribution in [0.2, 0.25) is 0 Å². The van der Waals surface area contributed by atoms with Gasteiger partial charge in [0.05, 0.1) is 19.8 Å². The quantitative estimate of drug-likeness (QED) is 0.804. The Morgan fingerprint density at radius 1 is 1.47 bits per heavy atom. The van der Waals surface area contributed by atoms with Crippen molar-refractivity contribution in [2.45, 2.75) is 18.8 Å². The van der Waals surface area contributed by atoms with Crippen molar-refractivity contribution in [1.29, 1.82) is 0 Å². The summed E-state index contributed by atoms with van der Waals surface area (Å²) in [6, 6.07) is 6.46. The Kier molecular flexibility index (Phi) is 3.61. The fourth-order valence-corrected chi connectivity index (χ4v) is 1.71. The van der Waals surface area contributed by atoms with E-state index in [4.69, 9.17) is 9.47 Å². The summed E-state index contributed by atoms with van der Waals surface area (Å²) < 4.78 is 9.97. The van der Waals surface area contributed by atoms with Gasteiger partial charge < -0.3 is 19.9 Å². The van der Waals surface area contributed by atoms with Crippen LogP contribution in [0.4, 0.5) is 0 Å². The van der Waals surface area contributed by atoms with Gasteiger partial charge in [-0.3, -0.25) is 4.79 Å². The Hall–Kier alpha value is -1.59. The Bertz CT molecular complexity index is 390. The number of nitrogens with one attached hydrogen (secondary N) is 1. The summed E-state index contributed by atoms with van der Waals surface area (Å²) in [6.45, 7) is 0.467. The lowest BCUT2D eigenvalue weighted by Crippen LogP contribution is -2.40. The second kappa shape index (κ2) is 5.16. The molecule has 2 rings (SSSR count). The molecule has 0 spiro atoms. The van der Waals surface area contributed by atoms with Gasteiger partial charge in [-0.25, -0.2) is 0 Å². The molecule has 0 bridgehead atoms. The maximum Gasteiger partial charge on any atom is 0.251 e. The van der Waals surface area contributed by atoms with Gasteiger partial charge in [-0.1, -0.05) is 0 Å². The molecule has 1 amide bonds. The van der Waals surface area contributed by atoms with Crippen molar-refractivity contribution >= 4 is 5.91 Å². The fourth-order valence-electron chi connectivity index (χ4n) is 1.71. The molecule has 92 valence electrons. The van der Waals surface area contributed by atoms with Crippen molar-refractivity contribution in [2.24, 2.45) is 0 Å². The van der Waals surface area contributed by atoms with E-state index in [-0.39, 0.29) is 11.9 Å². The molecule has 1 aliphatic rings.